The van der Waals surface area contributed by atoms with Gasteiger partial charge >= 0.3 is 0 Å². The Balaban J connectivity index is 1.57. The minimum atomic E-state index is -0.191. The lowest BCUT2D eigenvalue weighted by Crippen LogP contribution is -2.33. The third-order valence-corrected chi connectivity index (χ3v) is 5.19. The molecular weight excluding hydrogens is 320 g/mol. The van der Waals surface area contributed by atoms with Crippen molar-refractivity contribution in [1.82, 2.24) is 9.88 Å². The van der Waals surface area contributed by atoms with Crippen LogP contribution < -0.4 is 11.1 Å². The van der Waals surface area contributed by atoms with Crippen molar-refractivity contribution in [2.45, 2.75) is 32.9 Å². The first kappa shape index (κ1) is 17.1. The van der Waals surface area contributed by atoms with Gasteiger partial charge in [0.15, 0.2) is 0 Å². The molecule has 1 aromatic carbocycles. The molecule has 3 N–H and O–H groups in total. The topological polar surface area (TPSA) is 71.2 Å². The molecule has 3 rings (SSSR count). The van der Waals surface area contributed by atoms with Crippen LogP contribution in [0.25, 0.3) is 0 Å². The lowest BCUT2D eigenvalue weighted by atomic mass is 10.00. The molecule has 1 aliphatic rings. The number of hydrogen-bond acceptors (Lipinski definition) is 5. The average Bonchev–Trinajstić information content (AvgIpc) is 3.06. The summed E-state index contributed by atoms with van der Waals surface area (Å²) in [4.78, 5) is 18.9. The van der Waals surface area contributed by atoms with Crippen LogP contribution >= 0.6 is 11.3 Å². The molecule has 1 aromatic heterocycles. The highest BCUT2D eigenvalue weighted by atomic mass is 32.1. The summed E-state index contributed by atoms with van der Waals surface area (Å²) in [7, 11) is 0. The smallest absolute Gasteiger partial charge is 0.275 e. The van der Waals surface area contributed by atoms with Gasteiger partial charge in [-0.15, -0.1) is 11.3 Å². The molecule has 0 saturated carbocycles. The summed E-state index contributed by atoms with van der Waals surface area (Å²) >= 11 is 1.41. The molecule has 128 valence electrons. The van der Waals surface area contributed by atoms with E-state index in [1.807, 2.05) is 12.1 Å². The van der Waals surface area contributed by atoms with Gasteiger partial charge in [-0.3, -0.25) is 9.69 Å². The van der Waals surface area contributed by atoms with Crippen LogP contribution in [0.2, 0.25) is 0 Å². The SMILES string of the molecule is CC1CCCN(Cc2ccc(NC(=O)c3csc(CN)n3)cc2)C1. The molecule has 1 fully saturated rings. The Morgan fingerprint density at radius 1 is 1.42 bits per heavy atom. The van der Waals surface area contributed by atoms with Gasteiger partial charge in [-0.25, -0.2) is 4.98 Å². The summed E-state index contributed by atoms with van der Waals surface area (Å²) in [6, 6.07) is 8.08. The minimum Gasteiger partial charge on any atom is -0.325 e. The van der Waals surface area contributed by atoms with Gasteiger partial charge in [-0.2, -0.15) is 0 Å². The van der Waals surface area contributed by atoms with Gasteiger partial charge in [0.25, 0.3) is 5.91 Å². The number of nitrogens with one attached hydrogen (secondary N) is 1. The molecule has 24 heavy (non-hydrogen) atoms. The second-order valence-corrected chi connectivity index (χ2v) is 7.41. The van der Waals surface area contributed by atoms with Crippen molar-refractivity contribution in [3.8, 4) is 0 Å². The lowest BCUT2D eigenvalue weighted by Gasteiger charge is -2.30. The largest absolute Gasteiger partial charge is 0.325 e. The standard InChI is InChI=1S/C18H24N4OS/c1-13-3-2-8-22(10-13)11-14-4-6-15(7-5-14)20-18(23)16-12-24-17(9-19)21-16/h4-7,12-13H,2-3,8-11,19H2,1H3,(H,20,23). The zero-order chi connectivity index (χ0) is 16.9. The van der Waals surface area contributed by atoms with Crippen LogP contribution in [0.1, 0.15) is 40.8 Å². The number of amides is 1. The van der Waals surface area contributed by atoms with Crippen LogP contribution in [-0.4, -0.2) is 28.9 Å². The van der Waals surface area contributed by atoms with Gasteiger partial charge in [0.2, 0.25) is 0 Å². The number of thiazole rings is 1. The van der Waals surface area contributed by atoms with E-state index in [4.69, 9.17) is 5.73 Å². The number of nitrogens with zero attached hydrogens (tertiary/aromatic N) is 2. The highest BCUT2D eigenvalue weighted by Crippen LogP contribution is 2.19. The normalized spacial score (nSPS) is 18.5. The molecule has 0 spiro atoms. The molecule has 1 saturated heterocycles. The summed E-state index contributed by atoms with van der Waals surface area (Å²) < 4.78 is 0. The van der Waals surface area contributed by atoms with Crippen molar-refractivity contribution in [3.63, 3.8) is 0 Å². The average molecular weight is 344 g/mol. The summed E-state index contributed by atoms with van der Waals surface area (Å²) in [6.07, 6.45) is 2.62. The van der Waals surface area contributed by atoms with Crippen LogP contribution in [0.3, 0.4) is 0 Å². The Labute approximate surface area is 146 Å². The fourth-order valence-corrected chi connectivity index (χ4v) is 3.74. The Morgan fingerprint density at radius 2 is 2.21 bits per heavy atom. The number of piperidine rings is 1. The van der Waals surface area contributed by atoms with Crippen LogP contribution in [0, 0.1) is 5.92 Å². The van der Waals surface area contributed by atoms with Gasteiger partial charge in [0.05, 0.1) is 0 Å². The van der Waals surface area contributed by atoms with Crippen molar-refractivity contribution in [3.05, 3.63) is 45.9 Å². The molecule has 0 radical (unpaired) electrons. The molecule has 0 aliphatic carbocycles. The number of likely N-dealkylation sites (tertiary alicyclic amines) is 1. The number of hydrogen-bond donors (Lipinski definition) is 2. The number of nitrogens with two attached hydrogens (primary N) is 1. The first-order valence-electron chi connectivity index (χ1n) is 8.41. The van der Waals surface area contributed by atoms with Crippen molar-refractivity contribution in [2.24, 2.45) is 11.7 Å². The third-order valence-electron chi connectivity index (χ3n) is 4.32. The van der Waals surface area contributed by atoms with E-state index in [9.17, 15) is 4.79 Å². The van der Waals surface area contributed by atoms with Gasteiger partial charge in [-0.05, 0) is 43.0 Å². The van der Waals surface area contributed by atoms with Gasteiger partial charge in [-0.1, -0.05) is 19.1 Å². The van der Waals surface area contributed by atoms with Gasteiger partial charge in [0, 0.05) is 30.7 Å². The van der Waals surface area contributed by atoms with E-state index in [0.29, 0.717) is 12.2 Å². The Hall–Kier alpha value is -1.76. The van der Waals surface area contributed by atoms with Crippen LogP contribution in [0.5, 0.6) is 0 Å². The Bertz CT molecular complexity index is 683. The van der Waals surface area contributed by atoms with Crippen molar-refractivity contribution >= 4 is 22.9 Å². The maximum absolute atomic E-state index is 12.2. The molecule has 1 unspecified atom stereocenters. The van der Waals surface area contributed by atoms with Crippen LogP contribution in [0.4, 0.5) is 5.69 Å². The number of carbonyl (C=O) groups is 1. The van der Waals surface area contributed by atoms with E-state index in [1.54, 1.807) is 5.38 Å². The van der Waals surface area contributed by atoms with Gasteiger partial charge < -0.3 is 11.1 Å². The zero-order valence-corrected chi connectivity index (χ0v) is 14.8. The van der Waals surface area contributed by atoms with E-state index < -0.39 is 0 Å². The first-order valence-corrected chi connectivity index (χ1v) is 9.29. The summed E-state index contributed by atoms with van der Waals surface area (Å²) in [5.41, 5.74) is 8.02. The molecule has 1 aliphatic heterocycles. The first-order chi connectivity index (χ1) is 11.6. The fourth-order valence-electron chi connectivity index (χ4n) is 3.09. The number of carbonyl (C=O) groups excluding carboxylic acids is 1. The molecule has 2 aromatic rings. The van der Waals surface area contributed by atoms with E-state index in [1.165, 1.54) is 42.8 Å². The van der Waals surface area contributed by atoms with Gasteiger partial charge in [0.1, 0.15) is 10.7 Å². The minimum absolute atomic E-state index is 0.191. The predicted octanol–water partition coefficient (Wildman–Crippen LogP) is 3.09. The monoisotopic (exact) mass is 344 g/mol. The number of aromatic nitrogens is 1. The maximum atomic E-state index is 12.2. The third kappa shape index (κ3) is 4.41. The van der Waals surface area contributed by atoms with E-state index in [-0.39, 0.29) is 5.91 Å². The summed E-state index contributed by atoms with van der Waals surface area (Å²) in [6.45, 7) is 6.01. The van der Waals surface area contributed by atoms with E-state index in [2.05, 4.69) is 34.3 Å². The quantitative estimate of drug-likeness (QED) is 0.874. The Morgan fingerprint density at radius 3 is 2.88 bits per heavy atom. The van der Waals surface area contributed by atoms with Crippen LogP contribution in [-0.2, 0) is 13.1 Å². The summed E-state index contributed by atoms with van der Waals surface area (Å²) in [5.74, 6) is 0.595. The maximum Gasteiger partial charge on any atom is 0.275 e. The number of rotatable bonds is 5. The Kier molecular flexibility index (Phi) is 5.60. The van der Waals surface area contributed by atoms with Crippen LogP contribution in [0.15, 0.2) is 29.6 Å². The molecular formula is C18H24N4OS. The zero-order valence-electron chi connectivity index (χ0n) is 14.0. The highest BCUT2D eigenvalue weighted by molar-refractivity contribution is 7.09. The lowest BCUT2D eigenvalue weighted by molar-refractivity contribution is 0.102. The van der Waals surface area contributed by atoms with Crippen molar-refractivity contribution < 1.29 is 4.79 Å². The highest BCUT2D eigenvalue weighted by Gasteiger charge is 2.16. The van der Waals surface area contributed by atoms with E-state index >= 15 is 0 Å². The second kappa shape index (κ2) is 7.88. The second-order valence-electron chi connectivity index (χ2n) is 6.46. The predicted molar refractivity (Wildman–Crippen MR) is 98.1 cm³/mol. The number of anilines is 1. The molecule has 1 amide bonds. The molecule has 1 atom stereocenters. The molecule has 6 heteroatoms. The van der Waals surface area contributed by atoms with Crippen molar-refractivity contribution in [2.75, 3.05) is 18.4 Å². The fraction of sp³-hybridized carbons (Fsp3) is 0.444. The summed E-state index contributed by atoms with van der Waals surface area (Å²) in [5, 5.41) is 5.39. The number of benzene rings is 1. The van der Waals surface area contributed by atoms with E-state index in [0.717, 1.165) is 23.2 Å². The molecule has 2 heterocycles. The van der Waals surface area contributed by atoms with Crippen molar-refractivity contribution in [1.29, 1.82) is 0 Å². The molecule has 0 bridgehead atoms. The molecule has 5 nitrogen and oxygen atoms in total.